The Hall–Kier alpha value is -3.48. The number of ether oxygens (including phenoxy) is 1. The number of fused-ring (bicyclic) bond motifs is 1. The number of aryl methyl sites for hydroxylation is 1. The van der Waals surface area contributed by atoms with Crippen LogP contribution in [0.4, 0.5) is 11.4 Å². The van der Waals surface area contributed by atoms with E-state index in [9.17, 15) is 14.9 Å². The molecule has 1 N–H and O–H groups in total. The first kappa shape index (κ1) is 16.4. The minimum atomic E-state index is -0.494. The number of anilines is 1. The fourth-order valence-electron chi connectivity index (χ4n) is 2.34. The van der Waals surface area contributed by atoms with Crippen LogP contribution in [0.25, 0.3) is 10.9 Å². The lowest BCUT2D eigenvalue weighted by Crippen LogP contribution is -2.20. The van der Waals surface area contributed by atoms with Crippen LogP contribution in [-0.4, -0.2) is 22.4 Å². The zero-order chi connectivity index (χ0) is 17.8. The maximum Gasteiger partial charge on any atom is 0.269 e. The van der Waals surface area contributed by atoms with Crippen molar-refractivity contribution < 1.29 is 14.5 Å². The van der Waals surface area contributed by atoms with Crippen LogP contribution in [0.1, 0.15) is 5.69 Å². The Morgan fingerprint density at radius 3 is 2.64 bits per heavy atom. The third-order valence-electron chi connectivity index (χ3n) is 3.55. The van der Waals surface area contributed by atoms with Crippen LogP contribution in [0.2, 0.25) is 0 Å². The molecule has 3 rings (SSSR count). The van der Waals surface area contributed by atoms with Crippen molar-refractivity contribution in [2.24, 2.45) is 0 Å². The molecule has 0 unspecified atom stereocenters. The Morgan fingerprint density at radius 2 is 1.92 bits per heavy atom. The van der Waals surface area contributed by atoms with E-state index in [4.69, 9.17) is 4.74 Å². The smallest absolute Gasteiger partial charge is 0.269 e. The molecule has 1 heterocycles. The fourth-order valence-corrected chi connectivity index (χ4v) is 2.34. The third-order valence-corrected chi connectivity index (χ3v) is 3.55. The van der Waals surface area contributed by atoms with Crippen LogP contribution in [0.15, 0.2) is 54.6 Å². The number of carbonyl (C=O) groups is 1. The van der Waals surface area contributed by atoms with Gasteiger partial charge in [0.2, 0.25) is 0 Å². The quantitative estimate of drug-likeness (QED) is 0.568. The molecule has 0 aliphatic carbocycles. The number of non-ortho nitro benzene ring substituents is 1. The molecule has 0 fully saturated rings. The van der Waals surface area contributed by atoms with Crippen LogP contribution in [0.3, 0.4) is 0 Å². The zero-order valence-electron chi connectivity index (χ0n) is 13.4. The highest BCUT2D eigenvalue weighted by atomic mass is 16.6. The number of aromatic nitrogens is 1. The van der Waals surface area contributed by atoms with Gasteiger partial charge in [-0.2, -0.15) is 0 Å². The minimum Gasteiger partial charge on any atom is -0.484 e. The maximum atomic E-state index is 12.1. The second-order valence-electron chi connectivity index (χ2n) is 5.42. The van der Waals surface area contributed by atoms with E-state index in [-0.39, 0.29) is 18.2 Å². The molecule has 0 saturated carbocycles. The van der Waals surface area contributed by atoms with E-state index < -0.39 is 4.92 Å². The highest BCUT2D eigenvalue weighted by Crippen LogP contribution is 2.22. The van der Waals surface area contributed by atoms with E-state index in [0.29, 0.717) is 17.0 Å². The summed E-state index contributed by atoms with van der Waals surface area (Å²) in [5, 5.41) is 14.3. The lowest BCUT2D eigenvalue weighted by molar-refractivity contribution is -0.384. The monoisotopic (exact) mass is 337 g/mol. The van der Waals surface area contributed by atoms with Gasteiger partial charge in [0.05, 0.1) is 16.1 Å². The lowest BCUT2D eigenvalue weighted by Gasteiger charge is -2.10. The molecule has 1 amide bonds. The van der Waals surface area contributed by atoms with E-state index in [1.165, 1.54) is 24.3 Å². The predicted octanol–water partition coefficient (Wildman–Crippen LogP) is 3.47. The van der Waals surface area contributed by atoms with Gasteiger partial charge in [-0.05, 0) is 31.2 Å². The molecule has 7 heteroatoms. The summed E-state index contributed by atoms with van der Waals surface area (Å²) in [6.07, 6.45) is 0. The van der Waals surface area contributed by atoms with Gasteiger partial charge in [-0.1, -0.05) is 18.2 Å². The van der Waals surface area contributed by atoms with E-state index >= 15 is 0 Å². The fraction of sp³-hybridized carbons (Fsp3) is 0.111. The number of rotatable bonds is 5. The number of pyridine rings is 1. The van der Waals surface area contributed by atoms with Crippen molar-refractivity contribution in [3.63, 3.8) is 0 Å². The first-order valence-corrected chi connectivity index (χ1v) is 7.56. The van der Waals surface area contributed by atoms with Gasteiger partial charge in [0.25, 0.3) is 11.6 Å². The van der Waals surface area contributed by atoms with E-state index in [1.54, 1.807) is 6.07 Å². The number of benzene rings is 2. The SMILES string of the molecule is Cc1ccc2cccc(NC(=O)COc3ccc([N+](=O)[O-])cc3)c2n1. The lowest BCUT2D eigenvalue weighted by atomic mass is 10.1. The first-order valence-electron chi connectivity index (χ1n) is 7.56. The number of nitro benzene ring substituents is 1. The van der Waals surface area contributed by atoms with Crippen molar-refractivity contribution >= 4 is 28.2 Å². The average molecular weight is 337 g/mol. The number of nitro groups is 1. The molecule has 0 aliphatic rings. The predicted molar refractivity (Wildman–Crippen MR) is 93.7 cm³/mol. The number of nitrogens with zero attached hydrogens (tertiary/aromatic N) is 2. The van der Waals surface area contributed by atoms with Gasteiger partial charge in [-0.3, -0.25) is 19.9 Å². The van der Waals surface area contributed by atoms with Crippen LogP contribution in [-0.2, 0) is 4.79 Å². The Kier molecular flexibility index (Phi) is 4.56. The molecule has 0 atom stereocenters. The Bertz CT molecular complexity index is 939. The van der Waals surface area contributed by atoms with Gasteiger partial charge < -0.3 is 10.1 Å². The standard InChI is InChI=1S/C18H15N3O4/c1-12-5-6-13-3-2-4-16(18(13)19-12)20-17(22)11-25-15-9-7-14(8-10-15)21(23)24/h2-10H,11H2,1H3,(H,20,22). The van der Waals surface area contributed by atoms with Crippen molar-refractivity contribution in [1.29, 1.82) is 0 Å². The second kappa shape index (κ2) is 6.96. The molecule has 2 aromatic carbocycles. The molecule has 3 aromatic rings. The first-order chi connectivity index (χ1) is 12.0. The Labute approximate surface area is 143 Å². The molecule has 0 saturated heterocycles. The summed E-state index contributed by atoms with van der Waals surface area (Å²) in [4.78, 5) is 26.7. The molecule has 25 heavy (non-hydrogen) atoms. The number of para-hydroxylation sites is 1. The van der Waals surface area contributed by atoms with Crippen molar-refractivity contribution in [2.75, 3.05) is 11.9 Å². The van der Waals surface area contributed by atoms with E-state index in [1.807, 2.05) is 31.2 Å². The third kappa shape index (κ3) is 3.89. The molecule has 0 spiro atoms. The molecule has 0 radical (unpaired) electrons. The number of hydrogen-bond acceptors (Lipinski definition) is 5. The van der Waals surface area contributed by atoms with Gasteiger partial charge >= 0.3 is 0 Å². The highest BCUT2D eigenvalue weighted by molar-refractivity contribution is 6.00. The van der Waals surface area contributed by atoms with Crippen molar-refractivity contribution in [1.82, 2.24) is 4.98 Å². The summed E-state index contributed by atoms with van der Waals surface area (Å²) >= 11 is 0. The van der Waals surface area contributed by atoms with Crippen molar-refractivity contribution in [3.8, 4) is 5.75 Å². The summed E-state index contributed by atoms with van der Waals surface area (Å²) in [5.41, 5.74) is 2.15. The number of amides is 1. The highest BCUT2D eigenvalue weighted by Gasteiger charge is 2.09. The van der Waals surface area contributed by atoms with E-state index in [2.05, 4.69) is 10.3 Å². The average Bonchev–Trinajstić information content (AvgIpc) is 2.61. The zero-order valence-corrected chi connectivity index (χ0v) is 13.4. The summed E-state index contributed by atoms with van der Waals surface area (Å²) in [6, 6.07) is 14.9. The molecule has 1 aromatic heterocycles. The summed E-state index contributed by atoms with van der Waals surface area (Å²) in [7, 11) is 0. The molecule has 0 bridgehead atoms. The molecular weight excluding hydrogens is 322 g/mol. The molecule has 7 nitrogen and oxygen atoms in total. The largest absolute Gasteiger partial charge is 0.484 e. The molecule has 0 aliphatic heterocycles. The number of hydrogen-bond donors (Lipinski definition) is 1. The normalized spacial score (nSPS) is 10.4. The molecule has 126 valence electrons. The van der Waals surface area contributed by atoms with Crippen LogP contribution >= 0.6 is 0 Å². The number of nitrogens with one attached hydrogen (secondary N) is 1. The summed E-state index contributed by atoms with van der Waals surface area (Å²) < 4.78 is 5.36. The second-order valence-corrected chi connectivity index (χ2v) is 5.42. The summed E-state index contributed by atoms with van der Waals surface area (Å²) in [6.45, 7) is 1.68. The Balaban J connectivity index is 1.67. The van der Waals surface area contributed by atoms with E-state index in [0.717, 1.165) is 11.1 Å². The maximum absolute atomic E-state index is 12.1. The minimum absolute atomic E-state index is 0.0333. The summed E-state index contributed by atoms with van der Waals surface area (Å²) in [5.74, 6) is 0.0433. The number of carbonyl (C=O) groups excluding carboxylic acids is 1. The van der Waals surface area contributed by atoms with Crippen molar-refractivity contribution in [3.05, 3.63) is 70.4 Å². The molecular formula is C18H15N3O4. The van der Waals surface area contributed by atoms with Crippen LogP contribution in [0.5, 0.6) is 5.75 Å². The van der Waals surface area contributed by atoms with Crippen LogP contribution < -0.4 is 10.1 Å². The van der Waals surface area contributed by atoms with Gasteiger partial charge in [-0.25, -0.2) is 0 Å². The van der Waals surface area contributed by atoms with Gasteiger partial charge in [-0.15, -0.1) is 0 Å². The Morgan fingerprint density at radius 1 is 1.16 bits per heavy atom. The van der Waals surface area contributed by atoms with Crippen LogP contribution in [0, 0.1) is 17.0 Å². The van der Waals surface area contributed by atoms with Gasteiger partial charge in [0.15, 0.2) is 6.61 Å². The van der Waals surface area contributed by atoms with Gasteiger partial charge in [0, 0.05) is 23.2 Å². The topological polar surface area (TPSA) is 94.4 Å². The van der Waals surface area contributed by atoms with Crippen molar-refractivity contribution in [2.45, 2.75) is 6.92 Å². The van der Waals surface area contributed by atoms with Gasteiger partial charge in [0.1, 0.15) is 5.75 Å².